The van der Waals surface area contributed by atoms with Crippen molar-refractivity contribution in [2.75, 3.05) is 18.9 Å². The number of carbonyl (C=O) groups excluding carboxylic acids is 1. The van der Waals surface area contributed by atoms with Gasteiger partial charge in [-0.1, -0.05) is 27.7 Å². The number of hydrogen-bond donors (Lipinski definition) is 2. The Hall–Kier alpha value is -1.71. The van der Waals surface area contributed by atoms with Crippen molar-refractivity contribution in [1.29, 1.82) is 0 Å². The highest BCUT2D eigenvalue weighted by molar-refractivity contribution is 5.77. The van der Waals surface area contributed by atoms with E-state index in [1.807, 2.05) is 0 Å². The van der Waals surface area contributed by atoms with E-state index in [2.05, 4.69) is 33.0 Å². The van der Waals surface area contributed by atoms with Crippen molar-refractivity contribution < 1.29 is 9.53 Å². The largest absolute Gasteiger partial charge is 0.484 e. The Bertz CT molecular complexity index is 411. The van der Waals surface area contributed by atoms with Crippen molar-refractivity contribution in [2.45, 2.75) is 27.7 Å². The highest BCUT2D eigenvalue weighted by Gasteiger charge is 2.22. The average molecular weight is 264 g/mol. The number of ether oxygens (including phenoxy) is 1. The summed E-state index contributed by atoms with van der Waals surface area (Å²) in [5.74, 6) is 1.05. The maximum absolute atomic E-state index is 11.7. The summed E-state index contributed by atoms with van der Waals surface area (Å²) in [5.41, 5.74) is 6.33. The molecular weight excluding hydrogens is 240 g/mol. The molecule has 0 aliphatic heterocycles. The molecule has 1 amide bonds. The normalized spacial score (nSPS) is 11.4. The topological polar surface area (TPSA) is 64.3 Å². The zero-order chi connectivity index (χ0) is 14.5. The summed E-state index contributed by atoms with van der Waals surface area (Å²) in [4.78, 5) is 11.7. The van der Waals surface area contributed by atoms with Crippen LogP contribution in [0.4, 0.5) is 5.69 Å². The number of amides is 1. The zero-order valence-corrected chi connectivity index (χ0v) is 12.2. The maximum atomic E-state index is 11.7. The van der Waals surface area contributed by atoms with E-state index in [0.717, 1.165) is 0 Å². The minimum absolute atomic E-state index is 0.0259. The molecule has 1 rings (SSSR count). The highest BCUT2D eigenvalue weighted by Crippen LogP contribution is 2.24. The molecule has 0 aromatic heterocycles. The smallest absolute Gasteiger partial charge is 0.257 e. The van der Waals surface area contributed by atoms with Gasteiger partial charge in [0, 0.05) is 12.2 Å². The molecule has 0 aliphatic carbocycles. The number of carbonyl (C=O) groups is 1. The fourth-order valence-electron chi connectivity index (χ4n) is 1.29. The van der Waals surface area contributed by atoms with Gasteiger partial charge < -0.3 is 15.8 Å². The monoisotopic (exact) mass is 264 g/mol. The molecule has 0 unspecified atom stereocenters. The SMILES string of the molecule is CC(C)C(C)(C)CNC(=O)COc1ccc(N)cc1. The molecule has 1 aromatic rings. The first-order valence-electron chi connectivity index (χ1n) is 6.56. The predicted octanol–water partition coefficient (Wildman–Crippen LogP) is 2.45. The molecule has 0 spiro atoms. The van der Waals surface area contributed by atoms with Crippen LogP contribution >= 0.6 is 0 Å². The third-order valence-corrected chi connectivity index (χ3v) is 3.55. The van der Waals surface area contributed by atoms with Gasteiger partial charge >= 0.3 is 0 Å². The van der Waals surface area contributed by atoms with Crippen LogP contribution < -0.4 is 15.8 Å². The van der Waals surface area contributed by atoms with Crippen LogP contribution in [-0.4, -0.2) is 19.1 Å². The second-order valence-corrected chi connectivity index (χ2v) is 5.78. The van der Waals surface area contributed by atoms with Gasteiger partial charge in [-0.25, -0.2) is 0 Å². The number of hydrogen-bond acceptors (Lipinski definition) is 3. The van der Waals surface area contributed by atoms with Gasteiger partial charge in [-0.05, 0) is 35.6 Å². The standard InChI is InChI=1S/C15H24N2O2/c1-11(2)15(3,4)10-17-14(18)9-19-13-7-5-12(16)6-8-13/h5-8,11H,9-10,16H2,1-4H3,(H,17,18). The van der Waals surface area contributed by atoms with E-state index >= 15 is 0 Å². The van der Waals surface area contributed by atoms with Gasteiger partial charge in [0.15, 0.2) is 6.61 Å². The summed E-state index contributed by atoms with van der Waals surface area (Å²) in [7, 11) is 0. The van der Waals surface area contributed by atoms with Crippen molar-refractivity contribution >= 4 is 11.6 Å². The Morgan fingerprint density at radius 2 is 1.89 bits per heavy atom. The molecule has 0 heterocycles. The van der Waals surface area contributed by atoms with Gasteiger partial charge in [0.25, 0.3) is 5.91 Å². The molecule has 4 nitrogen and oxygen atoms in total. The molecule has 0 fully saturated rings. The average Bonchev–Trinajstić information content (AvgIpc) is 2.35. The van der Waals surface area contributed by atoms with Crippen molar-refractivity contribution in [2.24, 2.45) is 11.3 Å². The van der Waals surface area contributed by atoms with Crippen molar-refractivity contribution in [3.05, 3.63) is 24.3 Å². The lowest BCUT2D eigenvalue weighted by Crippen LogP contribution is -2.39. The fourth-order valence-corrected chi connectivity index (χ4v) is 1.29. The molecule has 106 valence electrons. The first-order chi connectivity index (χ1) is 8.81. The van der Waals surface area contributed by atoms with Gasteiger partial charge in [0.05, 0.1) is 0 Å². The number of nitrogens with one attached hydrogen (secondary N) is 1. The van der Waals surface area contributed by atoms with Gasteiger partial charge in [-0.2, -0.15) is 0 Å². The van der Waals surface area contributed by atoms with E-state index in [-0.39, 0.29) is 17.9 Å². The number of benzene rings is 1. The third-order valence-electron chi connectivity index (χ3n) is 3.55. The Balaban J connectivity index is 2.34. The van der Waals surface area contributed by atoms with Crippen LogP contribution in [0.5, 0.6) is 5.75 Å². The Kier molecular flexibility index (Phi) is 5.21. The molecule has 4 heteroatoms. The first kappa shape index (κ1) is 15.3. The summed E-state index contributed by atoms with van der Waals surface area (Å²) in [6, 6.07) is 6.99. The molecule has 0 radical (unpaired) electrons. The number of nitrogen functional groups attached to an aromatic ring is 1. The lowest BCUT2D eigenvalue weighted by molar-refractivity contribution is -0.123. The van der Waals surface area contributed by atoms with E-state index in [0.29, 0.717) is 23.9 Å². The second kappa shape index (κ2) is 6.45. The zero-order valence-electron chi connectivity index (χ0n) is 12.2. The molecule has 19 heavy (non-hydrogen) atoms. The van der Waals surface area contributed by atoms with Crippen molar-refractivity contribution in [1.82, 2.24) is 5.32 Å². The predicted molar refractivity (Wildman–Crippen MR) is 78.0 cm³/mol. The maximum Gasteiger partial charge on any atom is 0.257 e. The first-order valence-corrected chi connectivity index (χ1v) is 6.56. The minimum Gasteiger partial charge on any atom is -0.484 e. The van der Waals surface area contributed by atoms with Crippen LogP contribution in [-0.2, 0) is 4.79 Å². The summed E-state index contributed by atoms with van der Waals surface area (Å²) in [5, 5.41) is 2.90. The van der Waals surface area contributed by atoms with Crippen LogP contribution in [0.25, 0.3) is 0 Å². The van der Waals surface area contributed by atoms with E-state index in [1.165, 1.54) is 0 Å². The van der Waals surface area contributed by atoms with E-state index in [1.54, 1.807) is 24.3 Å². The summed E-state index contributed by atoms with van der Waals surface area (Å²) in [6.07, 6.45) is 0. The van der Waals surface area contributed by atoms with E-state index in [4.69, 9.17) is 10.5 Å². The Morgan fingerprint density at radius 1 is 1.32 bits per heavy atom. The molecule has 0 atom stereocenters. The van der Waals surface area contributed by atoms with Crippen LogP contribution in [0.3, 0.4) is 0 Å². The Morgan fingerprint density at radius 3 is 2.42 bits per heavy atom. The van der Waals surface area contributed by atoms with Crippen LogP contribution in [0.1, 0.15) is 27.7 Å². The fraction of sp³-hybridized carbons (Fsp3) is 0.533. The number of anilines is 1. The molecule has 1 aromatic carbocycles. The van der Waals surface area contributed by atoms with E-state index < -0.39 is 0 Å². The minimum atomic E-state index is -0.106. The number of rotatable bonds is 6. The molecule has 0 bridgehead atoms. The van der Waals surface area contributed by atoms with Crippen molar-refractivity contribution in [3.8, 4) is 5.75 Å². The Labute approximate surface area is 115 Å². The van der Waals surface area contributed by atoms with Gasteiger partial charge in [0.2, 0.25) is 0 Å². The second-order valence-electron chi connectivity index (χ2n) is 5.78. The van der Waals surface area contributed by atoms with Crippen molar-refractivity contribution in [3.63, 3.8) is 0 Å². The molecule has 0 saturated heterocycles. The quantitative estimate of drug-likeness (QED) is 0.776. The molecule has 3 N–H and O–H groups in total. The van der Waals surface area contributed by atoms with Crippen LogP contribution in [0.15, 0.2) is 24.3 Å². The van der Waals surface area contributed by atoms with Gasteiger partial charge in [0.1, 0.15) is 5.75 Å². The summed E-state index contributed by atoms with van der Waals surface area (Å²) in [6.45, 7) is 9.25. The molecule has 0 aliphatic rings. The molecular formula is C15H24N2O2. The lowest BCUT2D eigenvalue weighted by atomic mass is 9.81. The van der Waals surface area contributed by atoms with Gasteiger partial charge in [-0.3, -0.25) is 4.79 Å². The van der Waals surface area contributed by atoms with Gasteiger partial charge in [-0.15, -0.1) is 0 Å². The number of nitrogens with two attached hydrogens (primary N) is 1. The lowest BCUT2D eigenvalue weighted by Gasteiger charge is -2.29. The third kappa shape index (κ3) is 5.20. The van der Waals surface area contributed by atoms with Crippen LogP contribution in [0, 0.1) is 11.3 Å². The summed E-state index contributed by atoms with van der Waals surface area (Å²) < 4.78 is 5.38. The summed E-state index contributed by atoms with van der Waals surface area (Å²) >= 11 is 0. The highest BCUT2D eigenvalue weighted by atomic mass is 16.5. The van der Waals surface area contributed by atoms with E-state index in [9.17, 15) is 4.79 Å². The van der Waals surface area contributed by atoms with Crippen LogP contribution in [0.2, 0.25) is 0 Å². The molecule has 0 saturated carbocycles.